The molecule has 1 aromatic heterocycles. The summed E-state index contributed by atoms with van der Waals surface area (Å²) >= 11 is 0. The summed E-state index contributed by atoms with van der Waals surface area (Å²) < 4.78 is 7.84. The van der Waals surface area contributed by atoms with Crippen LogP contribution in [0.25, 0.3) is 10.9 Å². The molecule has 5 nitrogen and oxygen atoms in total. The molecule has 0 bridgehead atoms. The molecule has 32 heavy (non-hydrogen) atoms. The van der Waals surface area contributed by atoms with Gasteiger partial charge in [0.15, 0.2) is 0 Å². The quantitative estimate of drug-likeness (QED) is 0.297. The molecule has 0 saturated carbocycles. The highest BCUT2D eigenvalue weighted by molar-refractivity contribution is 6.02. The minimum Gasteiger partial charge on any atom is -0.494 e. The summed E-state index contributed by atoms with van der Waals surface area (Å²) in [7, 11) is 0. The van der Waals surface area contributed by atoms with Gasteiger partial charge in [0.1, 0.15) is 5.75 Å². The average molecular weight is 426 g/mol. The number of hydrogen-bond acceptors (Lipinski definition) is 3. The third-order valence-corrected chi connectivity index (χ3v) is 5.41. The number of amides is 1. The number of hydrazone groups is 1. The van der Waals surface area contributed by atoms with Crippen molar-refractivity contribution >= 4 is 23.0 Å². The molecule has 0 aliphatic carbocycles. The molecule has 1 amide bonds. The first-order valence-corrected chi connectivity index (χ1v) is 10.9. The van der Waals surface area contributed by atoms with Crippen LogP contribution < -0.4 is 10.2 Å². The fourth-order valence-corrected chi connectivity index (χ4v) is 3.73. The van der Waals surface area contributed by atoms with Crippen molar-refractivity contribution in [3.8, 4) is 5.75 Å². The molecule has 0 aliphatic heterocycles. The van der Waals surface area contributed by atoms with Crippen molar-refractivity contribution in [2.75, 3.05) is 6.61 Å². The SMILES string of the molecule is CCCOc1ccc(C(=O)N/N=C/c2c(C)n(Cc3ccccc3)c3ccccc23)cc1. The summed E-state index contributed by atoms with van der Waals surface area (Å²) in [4.78, 5) is 12.5. The van der Waals surface area contributed by atoms with Crippen molar-refractivity contribution in [3.05, 3.63) is 101 Å². The van der Waals surface area contributed by atoms with Crippen LogP contribution >= 0.6 is 0 Å². The Morgan fingerprint density at radius 2 is 1.72 bits per heavy atom. The highest BCUT2D eigenvalue weighted by Crippen LogP contribution is 2.25. The van der Waals surface area contributed by atoms with E-state index in [4.69, 9.17) is 4.74 Å². The number of rotatable bonds is 8. The Morgan fingerprint density at radius 3 is 2.47 bits per heavy atom. The van der Waals surface area contributed by atoms with Gasteiger partial charge in [-0.05, 0) is 49.2 Å². The molecule has 4 aromatic rings. The van der Waals surface area contributed by atoms with Crippen molar-refractivity contribution in [3.63, 3.8) is 0 Å². The summed E-state index contributed by atoms with van der Waals surface area (Å²) in [6.45, 7) is 5.58. The molecule has 162 valence electrons. The second-order valence-corrected chi connectivity index (χ2v) is 7.66. The van der Waals surface area contributed by atoms with Crippen LogP contribution in [0.3, 0.4) is 0 Å². The number of para-hydroxylation sites is 1. The van der Waals surface area contributed by atoms with Crippen LogP contribution in [0.1, 0.15) is 40.5 Å². The summed E-state index contributed by atoms with van der Waals surface area (Å²) in [5, 5.41) is 5.36. The van der Waals surface area contributed by atoms with Gasteiger partial charge in [-0.2, -0.15) is 5.10 Å². The highest BCUT2D eigenvalue weighted by atomic mass is 16.5. The van der Waals surface area contributed by atoms with Gasteiger partial charge in [0.2, 0.25) is 0 Å². The Kier molecular flexibility index (Phi) is 6.66. The molecule has 5 heteroatoms. The lowest BCUT2D eigenvalue weighted by Gasteiger charge is -2.08. The van der Waals surface area contributed by atoms with Crippen molar-refractivity contribution in [1.82, 2.24) is 9.99 Å². The Morgan fingerprint density at radius 1 is 1.00 bits per heavy atom. The Balaban J connectivity index is 1.52. The highest BCUT2D eigenvalue weighted by Gasteiger charge is 2.13. The number of nitrogens with one attached hydrogen (secondary N) is 1. The van der Waals surface area contributed by atoms with Gasteiger partial charge in [0.05, 0.1) is 12.8 Å². The number of benzene rings is 3. The molecule has 0 aliphatic rings. The van der Waals surface area contributed by atoms with Gasteiger partial charge >= 0.3 is 0 Å². The molecular weight excluding hydrogens is 398 g/mol. The van der Waals surface area contributed by atoms with Crippen molar-refractivity contribution in [2.45, 2.75) is 26.8 Å². The molecule has 0 radical (unpaired) electrons. The molecule has 4 rings (SSSR count). The van der Waals surface area contributed by atoms with Crippen molar-refractivity contribution in [1.29, 1.82) is 0 Å². The van der Waals surface area contributed by atoms with Crippen molar-refractivity contribution < 1.29 is 9.53 Å². The van der Waals surface area contributed by atoms with E-state index in [1.807, 2.05) is 18.2 Å². The molecule has 0 spiro atoms. The smallest absolute Gasteiger partial charge is 0.271 e. The molecule has 1 N–H and O–H groups in total. The van der Waals surface area contributed by atoms with Gasteiger partial charge in [-0.15, -0.1) is 0 Å². The van der Waals surface area contributed by atoms with Crippen LogP contribution in [0.4, 0.5) is 0 Å². The first-order chi connectivity index (χ1) is 15.7. The normalized spacial score (nSPS) is 11.2. The third-order valence-electron chi connectivity index (χ3n) is 5.41. The van der Waals surface area contributed by atoms with E-state index in [0.29, 0.717) is 12.2 Å². The topological polar surface area (TPSA) is 55.6 Å². The van der Waals surface area contributed by atoms with Gasteiger partial charge in [-0.25, -0.2) is 5.43 Å². The number of ether oxygens (including phenoxy) is 1. The van der Waals surface area contributed by atoms with Crippen LogP contribution in [0.5, 0.6) is 5.75 Å². The van der Waals surface area contributed by atoms with Gasteiger partial charge in [-0.1, -0.05) is 55.5 Å². The standard InChI is InChI=1S/C27H27N3O2/c1-3-17-32-23-15-13-22(14-16-23)27(31)29-28-18-25-20(2)30(19-21-9-5-4-6-10-21)26-12-8-7-11-24(25)26/h4-16,18H,3,17,19H2,1-2H3,(H,29,31)/b28-18+. The number of hydrogen-bond donors (Lipinski definition) is 1. The zero-order valence-electron chi connectivity index (χ0n) is 18.4. The fourth-order valence-electron chi connectivity index (χ4n) is 3.73. The maximum absolute atomic E-state index is 12.5. The summed E-state index contributed by atoms with van der Waals surface area (Å²) in [5.41, 5.74) is 7.66. The summed E-state index contributed by atoms with van der Waals surface area (Å²) in [6.07, 6.45) is 2.67. The predicted molar refractivity (Wildman–Crippen MR) is 130 cm³/mol. The Labute approximate surface area is 188 Å². The van der Waals surface area contributed by atoms with Crippen LogP contribution in [-0.4, -0.2) is 23.3 Å². The number of carbonyl (C=O) groups is 1. The second-order valence-electron chi connectivity index (χ2n) is 7.66. The minimum absolute atomic E-state index is 0.256. The van der Waals surface area contributed by atoms with E-state index < -0.39 is 0 Å². The number of nitrogens with zero attached hydrogens (tertiary/aromatic N) is 2. The molecule has 0 unspecified atom stereocenters. The number of aromatic nitrogens is 1. The molecular formula is C27H27N3O2. The van der Waals surface area contributed by atoms with Crippen molar-refractivity contribution in [2.24, 2.45) is 5.10 Å². The maximum atomic E-state index is 12.5. The molecule has 0 atom stereocenters. The van der Waals surface area contributed by atoms with E-state index in [1.165, 1.54) is 5.56 Å². The van der Waals surface area contributed by atoms with E-state index in [1.54, 1.807) is 30.5 Å². The molecule has 3 aromatic carbocycles. The van der Waals surface area contributed by atoms with Gasteiger partial charge in [0, 0.05) is 34.3 Å². The van der Waals surface area contributed by atoms with Crippen LogP contribution in [0.2, 0.25) is 0 Å². The van der Waals surface area contributed by atoms with Crippen LogP contribution in [0, 0.1) is 6.92 Å². The fraction of sp³-hybridized carbons (Fsp3) is 0.185. The Bertz CT molecular complexity index is 1230. The molecule has 1 heterocycles. The zero-order valence-corrected chi connectivity index (χ0v) is 18.4. The van der Waals surface area contributed by atoms with E-state index in [2.05, 4.69) is 65.3 Å². The van der Waals surface area contributed by atoms with E-state index in [0.717, 1.165) is 40.9 Å². The first-order valence-electron chi connectivity index (χ1n) is 10.9. The second kappa shape index (κ2) is 9.96. The summed E-state index contributed by atoms with van der Waals surface area (Å²) in [5.74, 6) is 0.503. The lowest BCUT2D eigenvalue weighted by atomic mass is 10.1. The van der Waals surface area contributed by atoms with Gasteiger partial charge in [0.25, 0.3) is 5.91 Å². The number of carbonyl (C=O) groups excluding carboxylic acids is 1. The first kappa shape index (κ1) is 21.4. The summed E-state index contributed by atoms with van der Waals surface area (Å²) in [6, 6.07) is 25.7. The predicted octanol–water partition coefficient (Wildman–Crippen LogP) is 5.55. The van der Waals surface area contributed by atoms with Crippen LogP contribution in [0.15, 0.2) is 84.0 Å². The average Bonchev–Trinajstić information content (AvgIpc) is 3.09. The monoisotopic (exact) mass is 425 g/mol. The lowest BCUT2D eigenvalue weighted by molar-refractivity contribution is 0.0955. The third kappa shape index (κ3) is 4.72. The Hall–Kier alpha value is -3.86. The van der Waals surface area contributed by atoms with E-state index in [-0.39, 0.29) is 5.91 Å². The van der Waals surface area contributed by atoms with Crippen LogP contribution in [-0.2, 0) is 6.54 Å². The zero-order chi connectivity index (χ0) is 22.3. The van der Waals surface area contributed by atoms with E-state index in [9.17, 15) is 4.79 Å². The van der Waals surface area contributed by atoms with Gasteiger partial charge < -0.3 is 9.30 Å². The number of fused-ring (bicyclic) bond motifs is 1. The molecule has 0 saturated heterocycles. The van der Waals surface area contributed by atoms with E-state index >= 15 is 0 Å². The molecule has 0 fully saturated rings. The maximum Gasteiger partial charge on any atom is 0.271 e. The minimum atomic E-state index is -0.256. The van der Waals surface area contributed by atoms with Gasteiger partial charge in [-0.3, -0.25) is 4.79 Å². The lowest BCUT2D eigenvalue weighted by Crippen LogP contribution is -2.17. The largest absolute Gasteiger partial charge is 0.494 e.